The van der Waals surface area contributed by atoms with Crippen LogP contribution in [0.25, 0.3) is 10.1 Å². The van der Waals surface area contributed by atoms with Crippen molar-refractivity contribution in [2.24, 2.45) is 0 Å². The van der Waals surface area contributed by atoms with Crippen molar-refractivity contribution in [1.29, 1.82) is 0 Å². The number of rotatable bonds is 1. The molecule has 13 heavy (non-hydrogen) atoms. The highest BCUT2D eigenvalue weighted by molar-refractivity contribution is 14.1. The summed E-state index contributed by atoms with van der Waals surface area (Å²) in [7, 11) is 0. The van der Waals surface area contributed by atoms with Gasteiger partial charge in [0.2, 0.25) is 0 Å². The van der Waals surface area contributed by atoms with Gasteiger partial charge in [-0.1, -0.05) is 13.0 Å². The van der Waals surface area contributed by atoms with Crippen LogP contribution in [0.1, 0.15) is 17.4 Å². The standard InChI is InChI=1S/C11H11IS/c1-3-8-4-5-10(12)11-9(8)6-7(2)13-11/h4-6H,3H2,1-2H3. The van der Waals surface area contributed by atoms with Crippen LogP contribution in [0.2, 0.25) is 0 Å². The SMILES string of the molecule is CCc1ccc(I)c2sc(C)cc12. The first kappa shape index (κ1) is 9.46. The Bertz CT molecular complexity index is 443. The Labute approximate surface area is 96.1 Å². The second kappa shape index (κ2) is 3.58. The highest BCUT2D eigenvalue weighted by Crippen LogP contribution is 2.32. The Morgan fingerprint density at radius 3 is 2.85 bits per heavy atom. The zero-order chi connectivity index (χ0) is 9.42. The lowest BCUT2D eigenvalue weighted by molar-refractivity contribution is 1.16. The Balaban J connectivity index is 2.83. The van der Waals surface area contributed by atoms with Crippen LogP contribution in [0.15, 0.2) is 18.2 Å². The quantitative estimate of drug-likeness (QED) is 0.686. The van der Waals surface area contributed by atoms with Gasteiger partial charge in [0.25, 0.3) is 0 Å². The molecule has 0 saturated heterocycles. The number of fused-ring (bicyclic) bond motifs is 1. The van der Waals surface area contributed by atoms with Crippen LogP contribution in [0, 0.1) is 10.5 Å². The van der Waals surface area contributed by atoms with Crippen molar-refractivity contribution in [3.63, 3.8) is 0 Å². The molecule has 0 fully saturated rings. The van der Waals surface area contributed by atoms with Gasteiger partial charge in [-0.3, -0.25) is 0 Å². The second-order valence-corrected chi connectivity index (χ2v) is 5.58. The molecule has 2 heteroatoms. The van der Waals surface area contributed by atoms with E-state index in [1.54, 1.807) is 0 Å². The number of halogens is 1. The highest BCUT2D eigenvalue weighted by atomic mass is 127. The lowest BCUT2D eigenvalue weighted by atomic mass is 10.1. The Morgan fingerprint density at radius 1 is 1.38 bits per heavy atom. The summed E-state index contributed by atoms with van der Waals surface area (Å²) in [5, 5.41) is 1.46. The number of hydrogen-bond acceptors (Lipinski definition) is 1. The van der Waals surface area contributed by atoms with Gasteiger partial charge in [-0.15, -0.1) is 11.3 Å². The molecule has 0 nitrogen and oxygen atoms in total. The molecule has 0 aliphatic rings. The van der Waals surface area contributed by atoms with E-state index in [-0.39, 0.29) is 0 Å². The van der Waals surface area contributed by atoms with Crippen LogP contribution < -0.4 is 0 Å². The first-order valence-electron chi connectivity index (χ1n) is 4.40. The molecule has 0 amide bonds. The zero-order valence-corrected chi connectivity index (χ0v) is 10.7. The average Bonchev–Trinajstić information content (AvgIpc) is 2.48. The van der Waals surface area contributed by atoms with E-state index in [2.05, 4.69) is 54.6 Å². The molecule has 0 N–H and O–H groups in total. The van der Waals surface area contributed by atoms with Crippen LogP contribution in [0.3, 0.4) is 0 Å². The molecule has 2 rings (SSSR count). The fourth-order valence-corrected chi connectivity index (χ4v) is 3.34. The molecule has 0 spiro atoms. The average molecular weight is 302 g/mol. The van der Waals surface area contributed by atoms with Crippen molar-refractivity contribution in [2.75, 3.05) is 0 Å². The summed E-state index contributed by atoms with van der Waals surface area (Å²) in [6.07, 6.45) is 1.13. The lowest BCUT2D eigenvalue weighted by Gasteiger charge is -2.00. The topological polar surface area (TPSA) is 0 Å². The van der Waals surface area contributed by atoms with E-state index in [9.17, 15) is 0 Å². The number of benzene rings is 1. The smallest absolute Gasteiger partial charge is 0.0481 e. The maximum Gasteiger partial charge on any atom is 0.0481 e. The van der Waals surface area contributed by atoms with E-state index in [0.29, 0.717) is 0 Å². The van der Waals surface area contributed by atoms with Gasteiger partial charge in [-0.05, 0) is 59.0 Å². The molecule has 68 valence electrons. The molecule has 0 saturated carbocycles. The third-order valence-corrected chi connectivity index (χ3v) is 4.58. The minimum atomic E-state index is 1.13. The molecule has 0 radical (unpaired) electrons. The van der Waals surface area contributed by atoms with E-state index < -0.39 is 0 Å². The van der Waals surface area contributed by atoms with Crippen molar-refractivity contribution >= 4 is 44.0 Å². The molecular formula is C11H11IS. The molecule has 1 aromatic heterocycles. The second-order valence-electron chi connectivity index (χ2n) is 3.16. The van der Waals surface area contributed by atoms with Gasteiger partial charge in [0.05, 0.1) is 0 Å². The van der Waals surface area contributed by atoms with Crippen molar-refractivity contribution in [3.8, 4) is 0 Å². The van der Waals surface area contributed by atoms with Gasteiger partial charge in [-0.25, -0.2) is 0 Å². The zero-order valence-electron chi connectivity index (χ0n) is 7.73. The summed E-state index contributed by atoms with van der Waals surface area (Å²) >= 11 is 4.32. The van der Waals surface area contributed by atoms with Crippen LogP contribution in [-0.2, 0) is 6.42 Å². The van der Waals surface area contributed by atoms with Crippen molar-refractivity contribution in [2.45, 2.75) is 20.3 Å². The molecule has 0 bridgehead atoms. The molecule has 0 aliphatic carbocycles. The number of aryl methyl sites for hydroxylation is 2. The minimum Gasteiger partial charge on any atom is -0.139 e. The molecule has 0 atom stereocenters. The maximum atomic E-state index is 2.41. The van der Waals surface area contributed by atoms with Crippen molar-refractivity contribution < 1.29 is 0 Å². The highest BCUT2D eigenvalue weighted by Gasteiger charge is 2.05. The summed E-state index contributed by atoms with van der Waals surface area (Å²) < 4.78 is 2.83. The normalized spacial score (nSPS) is 11.0. The fraction of sp³-hybridized carbons (Fsp3) is 0.273. The van der Waals surface area contributed by atoms with E-state index in [4.69, 9.17) is 0 Å². The van der Waals surface area contributed by atoms with E-state index in [1.165, 1.54) is 24.1 Å². The Morgan fingerprint density at radius 2 is 2.15 bits per heavy atom. The number of hydrogen-bond donors (Lipinski definition) is 0. The predicted octanol–water partition coefficient (Wildman–Crippen LogP) is 4.38. The summed E-state index contributed by atoms with van der Waals surface area (Å²) in [5.74, 6) is 0. The van der Waals surface area contributed by atoms with Crippen molar-refractivity contribution in [3.05, 3.63) is 32.2 Å². The molecule has 1 heterocycles. The first-order chi connectivity index (χ1) is 6.22. The van der Waals surface area contributed by atoms with E-state index in [1.807, 2.05) is 11.3 Å². The van der Waals surface area contributed by atoms with Crippen LogP contribution in [0.4, 0.5) is 0 Å². The van der Waals surface area contributed by atoms with E-state index >= 15 is 0 Å². The largest absolute Gasteiger partial charge is 0.139 e. The monoisotopic (exact) mass is 302 g/mol. The summed E-state index contributed by atoms with van der Waals surface area (Å²) in [5.41, 5.74) is 1.47. The molecule has 0 aliphatic heterocycles. The van der Waals surface area contributed by atoms with E-state index in [0.717, 1.165) is 6.42 Å². The van der Waals surface area contributed by atoms with Crippen LogP contribution in [0.5, 0.6) is 0 Å². The third-order valence-electron chi connectivity index (χ3n) is 2.23. The summed E-state index contributed by atoms with van der Waals surface area (Å²) in [6.45, 7) is 4.40. The van der Waals surface area contributed by atoms with Gasteiger partial charge in [0, 0.05) is 13.1 Å². The molecule has 2 aromatic rings. The fourth-order valence-electron chi connectivity index (χ4n) is 1.58. The lowest BCUT2D eigenvalue weighted by Crippen LogP contribution is -1.81. The predicted molar refractivity (Wildman–Crippen MR) is 68.7 cm³/mol. The van der Waals surface area contributed by atoms with Crippen molar-refractivity contribution in [1.82, 2.24) is 0 Å². The third kappa shape index (κ3) is 1.62. The molecular weight excluding hydrogens is 291 g/mol. The molecule has 0 unspecified atom stereocenters. The van der Waals surface area contributed by atoms with Gasteiger partial charge in [0.1, 0.15) is 0 Å². The maximum absolute atomic E-state index is 2.41. The Hall–Kier alpha value is -0.0900. The summed E-state index contributed by atoms with van der Waals surface area (Å²) in [6, 6.07) is 6.77. The first-order valence-corrected chi connectivity index (χ1v) is 6.29. The van der Waals surface area contributed by atoms with Crippen LogP contribution >= 0.6 is 33.9 Å². The van der Waals surface area contributed by atoms with Gasteiger partial charge >= 0.3 is 0 Å². The molecule has 1 aromatic carbocycles. The number of thiophene rings is 1. The van der Waals surface area contributed by atoms with Crippen LogP contribution in [-0.4, -0.2) is 0 Å². The summed E-state index contributed by atoms with van der Waals surface area (Å²) in [4.78, 5) is 1.41. The van der Waals surface area contributed by atoms with Gasteiger partial charge in [0.15, 0.2) is 0 Å². The van der Waals surface area contributed by atoms with Gasteiger partial charge in [-0.2, -0.15) is 0 Å². The van der Waals surface area contributed by atoms with Gasteiger partial charge < -0.3 is 0 Å². The Kier molecular flexibility index (Phi) is 2.60. The minimum absolute atomic E-state index is 1.13.